The molecule has 16 heavy (non-hydrogen) atoms. The number of hydrogen-bond donors (Lipinski definition) is 0. The Morgan fingerprint density at radius 1 is 1.38 bits per heavy atom. The summed E-state index contributed by atoms with van der Waals surface area (Å²) in [4.78, 5) is 7.00. The molecule has 1 aliphatic rings. The van der Waals surface area contributed by atoms with Crippen LogP contribution in [0.3, 0.4) is 0 Å². The van der Waals surface area contributed by atoms with Crippen LogP contribution in [0.4, 0.5) is 0 Å². The van der Waals surface area contributed by atoms with Gasteiger partial charge in [-0.1, -0.05) is 20.8 Å². The van der Waals surface area contributed by atoms with E-state index in [1.54, 1.807) is 0 Å². The van der Waals surface area contributed by atoms with Gasteiger partial charge in [-0.15, -0.1) is 0 Å². The van der Waals surface area contributed by atoms with Crippen LogP contribution < -0.4 is 0 Å². The largest absolute Gasteiger partial charge is 0.334 e. The normalized spacial score (nSPS) is 19.5. The quantitative estimate of drug-likeness (QED) is 0.782. The van der Waals surface area contributed by atoms with E-state index in [1.807, 2.05) is 6.33 Å². The number of nitrogens with zero attached hydrogens (tertiary/aromatic N) is 3. The van der Waals surface area contributed by atoms with Crippen LogP contribution in [0.1, 0.15) is 51.3 Å². The lowest BCUT2D eigenvalue weighted by molar-refractivity contribution is 0.194. The number of piperidine rings is 1. The number of rotatable bonds is 3. The molecule has 0 N–H and O–H groups in total. The second kappa shape index (κ2) is 5.00. The highest BCUT2D eigenvalue weighted by Gasteiger charge is 2.19. The third-order valence-electron chi connectivity index (χ3n) is 3.64. The minimum Gasteiger partial charge on any atom is -0.334 e. The fourth-order valence-electron chi connectivity index (χ4n) is 2.38. The molecule has 0 radical (unpaired) electrons. The number of aromatic nitrogens is 2. The fourth-order valence-corrected chi connectivity index (χ4v) is 2.38. The van der Waals surface area contributed by atoms with Gasteiger partial charge in [0.25, 0.3) is 0 Å². The molecular formula is C13H23N3. The van der Waals surface area contributed by atoms with E-state index in [4.69, 9.17) is 0 Å². The van der Waals surface area contributed by atoms with E-state index < -0.39 is 0 Å². The lowest BCUT2D eigenvalue weighted by Gasteiger charge is -2.31. The van der Waals surface area contributed by atoms with Crippen molar-refractivity contribution in [3.8, 4) is 0 Å². The van der Waals surface area contributed by atoms with Crippen LogP contribution in [-0.2, 0) is 0 Å². The van der Waals surface area contributed by atoms with Gasteiger partial charge in [0.1, 0.15) is 0 Å². The van der Waals surface area contributed by atoms with Crippen LogP contribution >= 0.6 is 0 Å². The monoisotopic (exact) mass is 221 g/mol. The summed E-state index contributed by atoms with van der Waals surface area (Å²) in [6.45, 7) is 10.3. The van der Waals surface area contributed by atoms with E-state index in [1.165, 1.54) is 38.2 Å². The van der Waals surface area contributed by atoms with Crippen LogP contribution in [0.5, 0.6) is 0 Å². The molecule has 3 nitrogen and oxygen atoms in total. The first-order chi connectivity index (χ1) is 7.70. The lowest BCUT2D eigenvalue weighted by Crippen LogP contribution is -2.34. The highest BCUT2D eigenvalue weighted by molar-refractivity contribution is 5.03. The molecule has 0 aliphatic carbocycles. The van der Waals surface area contributed by atoms with E-state index in [0.29, 0.717) is 12.0 Å². The average molecular weight is 221 g/mol. The Morgan fingerprint density at radius 2 is 2.06 bits per heavy atom. The number of likely N-dealkylation sites (tertiary alicyclic amines) is 1. The van der Waals surface area contributed by atoms with Crippen molar-refractivity contribution in [1.29, 1.82) is 0 Å². The zero-order valence-electron chi connectivity index (χ0n) is 10.7. The Balaban J connectivity index is 1.97. The van der Waals surface area contributed by atoms with Crippen molar-refractivity contribution in [2.75, 3.05) is 19.6 Å². The standard InChI is InChI=1S/C13H23N3/c1-4-15-7-5-12(6-8-15)16-9-13(11(2)3)14-10-16/h9-12H,4-8H2,1-3H3. The highest BCUT2D eigenvalue weighted by Crippen LogP contribution is 2.23. The van der Waals surface area contributed by atoms with E-state index >= 15 is 0 Å². The predicted molar refractivity (Wildman–Crippen MR) is 66.7 cm³/mol. The van der Waals surface area contributed by atoms with Crippen molar-refractivity contribution in [2.45, 2.75) is 45.6 Å². The topological polar surface area (TPSA) is 21.1 Å². The summed E-state index contributed by atoms with van der Waals surface area (Å²) in [5.74, 6) is 0.539. The molecule has 90 valence electrons. The highest BCUT2D eigenvalue weighted by atomic mass is 15.2. The van der Waals surface area contributed by atoms with Gasteiger partial charge in [0.2, 0.25) is 0 Å². The van der Waals surface area contributed by atoms with Gasteiger partial charge < -0.3 is 9.47 Å². The van der Waals surface area contributed by atoms with Crippen molar-refractivity contribution in [3.63, 3.8) is 0 Å². The predicted octanol–water partition coefficient (Wildman–Crippen LogP) is 2.66. The second-order valence-corrected chi connectivity index (χ2v) is 5.07. The smallest absolute Gasteiger partial charge is 0.0952 e. The first kappa shape index (κ1) is 11.6. The molecule has 1 aromatic heterocycles. The maximum absolute atomic E-state index is 4.48. The summed E-state index contributed by atoms with van der Waals surface area (Å²) in [6.07, 6.45) is 6.78. The Bertz CT molecular complexity index is 322. The van der Waals surface area contributed by atoms with Crippen LogP contribution in [0.25, 0.3) is 0 Å². The number of hydrogen-bond acceptors (Lipinski definition) is 2. The van der Waals surface area contributed by atoms with Gasteiger partial charge >= 0.3 is 0 Å². The van der Waals surface area contributed by atoms with Crippen LogP contribution in [0.2, 0.25) is 0 Å². The van der Waals surface area contributed by atoms with Crippen LogP contribution in [-0.4, -0.2) is 34.1 Å². The van der Waals surface area contributed by atoms with Gasteiger partial charge in [-0.2, -0.15) is 0 Å². The molecule has 1 saturated heterocycles. The summed E-state index contributed by atoms with van der Waals surface area (Å²) in [5, 5.41) is 0. The third kappa shape index (κ3) is 2.46. The van der Waals surface area contributed by atoms with Gasteiger partial charge in [-0.3, -0.25) is 0 Å². The summed E-state index contributed by atoms with van der Waals surface area (Å²) in [5.41, 5.74) is 1.22. The first-order valence-corrected chi connectivity index (χ1v) is 6.46. The van der Waals surface area contributed by atoms with E-state index in [0.717, 1.165) is 0 Å². The van der Waals surface area contributed by atoms with E-state index in [-0.39, 0.29) is 0 Å². The zero-order chi connectivity index (χ0) is 11.5. The molecule has 0 unspecified atom stereocenters. The summed E-state index contributed by atoms with van der Waals surface area (Å²) >= 11 is 0. The molecule has 0 aromatic carbocycles. The van der Waals surface area contributed by atoms with Gasteiger partial charge in [0, 0.05) is 25.3 Å². The SMILES string of the molecule is CCN1CCC(n2cnc(C(C)C)c2)CC1. The average Bonchev–Trinajstić information content (AvgIpc) is 2.78. The molecule has 0 bridgehead atoms. The number of imidazole rings is 1. The molecule has 0 amide bonds. The van der Waals surface area contributed by atoms with Gasteiger partial charge in [0.05, 0.1) is 12.0 Å². The molecule has 2 heterocycles. The van der Waals surface area contributed by atoms with Crippen molar-refractivity contribution in [1.82, 2.24) is 14.5 Å². The van der Waals surface area contributed by atoms with Gasteiger partial charge in [-0.05, 0) is 25.3 Å². The Labute approximate surface area is 98.5 Å². The molecule has 0 saturated carbocycles. The summed E-state index contributed by atoms with van der Waals surface area (Å²) in [7, 11) is 0. The maximum atomic E-state index is 4.48. The van der Waals surface area contributed by atoms with Crippen molar-refractivity contribution >= 4 is 0 Å². The molecule has 0 atom stereocenters. The Hall–Kier alpha value is -0.830. The Kier molecular flexibility index (Phi) is 3.64. The minimum absolute atomic E-state index is 0.539. The molecule has 3 heteroatoms. The van der Waals surface area contributed by atoms with E-state index in [9.17, 15) is 0 Å². The molecule has 0 spiro atoms. The van der Waals surface area contributed by atoms with Crippen LogP contribution in [0.15, 0.2) is 12.5 Å². The Morgan fingerprint density at radius 3 is 2.56 bits per heavy atom. The molecule has 1 aromatic rings. The van der Waals surface area contributed by atoms with Crippen molar-refractivity contribution in [2.24, 2.45) is 0 Å². The maximum Gasteiger partial charge on any atom is 0.0952 e. The first-order valence-electron chi connectivity index (χ1n) is 6.46. The second-order valence-electron chi connectivity index (χ2n) is 5.07. The van der Waals surface area contributed by atoms with Gasteiger partial charge in [-0.25, -0.2) is 4.98 Å². The molecular weight excluding hydrogens is 198 g/mol. The summed E-state index contributed by atoms with van der Waals surface area (Å²) in [6, 6.07) is 0.669. The minimum atomic E-state index is 0.539. The third-order valence-corrected chi connectivity index (χ3v) is 3.64. The van der Waals surface area contributed by atoms with Crippen molar-refractivity contribution < 1.29 is 0 Å². The fraction of sp³-hybridized carbons (Fsp3) is 0.769. The van der Waals surface area contributed by atoms with Crippen molar-refractivity contribution in [3.05, 3.63) is 18.2 Å². The summed E-state index contributed by atoms with van der Waals surface area (Å²) < 4.78 is 2.32. The molecule has 1 fully saturated rings. The molecule has 2 rings (SSSR count). The van der Waals surface area contributed by atoms with E-state index in [2.05, 4.69) is 41.4 Å². The van der Waals surface area contributed by atoms with Gasteiger partial charge in [0.15, 0.2) is 0 Å². The van der Waals surface area contributed by atoms with Crippen LogP contribution in [0, 0.1) is 0 Å². The lowest BCUT2D eigenvalue weighted by atomic mass is 10.0. The molecule has 1 aliphatic heterocycles. The zero-order valence-corrected chi connectivity index (χ0v) is 10.7.